The number of hydrogen-bond acceptors (Lipinski definition) is 1. The van der Waals surface area contributed by atoms with Gasteiger partial charge in [0.1, 0.15) is 0 Å². The van der Waals surface area contributed by atoms with Crippen molar-refractivity contribution in [3.05, 3.63) is 0 Å². The van der Waals surface area contributed by atoms with Gasteiger partial charge in [0.15, 0.2) is 0 Å². The van der Waals surface area contributed by atoms with E-state index in [0.29, 0.717) is 16.7 Å². The van der Waals surface area contributed by atoms with Crippen LogP contribution in [0.25, 0.3) is 0 Å². The van der Waals surface area contributed by atoms with Crippen LogP contribution in [-0.2, 0) is 4.79 Å². The number of amides is 1. The molecule has 1 saturated carbocycles. The lowest BCUT2D eigenvalue weighted by atomic mass is 10.2. The molecule has 0 heterocycles. The van der Waals surface area contributed by atoms with E-state index in [1.807, 2.05) is 0 Å². The third-order valence-electron chi connectivity index (χ3n) is 2.55. The van der Waals surface area contributed by atoms with Gasteiger partial charge in [-0.3, -0.25) is 4.79 Å². The molecule has 0 saturated heterocycles. The monoisotopic (exact) mass is 247 g/mol. The quantitative estimate of drug-likeness (QED) is 0.743. The third-order valence-corrected chi connectivity index (χ3v) is 3.33. The predicted octanol–water partition coefficient (Wildman–Crippen LogP) is 2.32. The standard InChI is InChI=1S/C10H18BrNO/c1-3-4-8(11)6-12-10(13)9-5-7(9)2/h7-9H,3-6H2,1-2H3,(H,12,13). The molecule has 1 aliphatic rings. The molecule has 3 heteroatoms. The zero-order valence-corrected chi connectivity index (χ0v) is 9.93. The molecule has 3 atom stereocenters. The molecular formula is C10H18BrNO. The van der Waals surface area contributed by atoms with E-state index >= 15 is 0 Å². The first kappa shape index (κ1) is 11.0. The zero-order chi connectivity index (χ0) is 9.84. The van der Waals surface area contributed by atoms with Crippen LogP contribution in [-0.4, -0.2) is 17.3 Å². The van der Waals surface area contributed by atoms with E-state index in [0.717, 1.165) is 25.8 Å². The van der Waals surface area contributed by atoms with E-state index in [2.05, 4.69) is 35.1 Å². The molecular weight excluding hydrogens is 230 g/mol. The number of rotatable bonds is 5. The summed E-state index contributed by atoms with van der Waals surface area (Å²) in [6, 6.07) is 0. The first-order valence-corrected chi connectivity index (χ1v) is 5.98. The molecule has 2 nitrogen and oxygen atoms in total. The van der Waals surface area contributed by atoms with Crippen LogP contribution >= 0.6 is 15.9 Å². The summed E-state index contributed by atoms with van der Waals surface area (Å²) in [5.41, 5.74) is 0. The lowest BCUT2D eigenvalue weighted by molar-refractivity contribution is -0.122. The van der Waals surface area contributed by atoms with Crippen molar-refractivity contribution in [2.75, 3.05) is 6.54 Å². The van der Waals surface area contributed by atoms with Gasteiger partial charge in [-0.15, -0.1) is 0 Å². The van der Waals surface area contributed by atoms with Crippen molar-refractivity contribution in [2.45, 2.75) is 37.9 Å². The molecule has 0 radical (unpaired) electrons. The van der Waals surface area contributed by atoms with E-state index in [9.17, 15) is 4.79 Å². The van der Waals surface area contributed by atoms with Crippen molar-refractivity contribution in [1.82, 2.24) is 5.32 Å². The van der Waals surface area contributed by atoms with Crippen molar-refractivity contribution >= 4 is 21.8 Å². The molecule has 0 spiro atoms. The van der Waals surface area contributed by atoms with Gasteiger partial charge in [0.05, 0.1) is 0 Å². The minimum absolute atomic E-state index is 0.244. The van der Waals surface area contributed by atoms with Crippen molar-refractivity contribution in [3.63, 3.8) is 0 Å². The van der Waals surface area contributed by atoms with Crippen LogP contribution in [0.2, 0.25) is 0 Å². The summed E-state index contributed by atoms with van der Waals surface area (Å²) in [5.74, 6) is 1.16. The van der Waals surface area contributed by atoms with Gasteiger partial charge in [-0.2, -0.15) is 0 Å². The van der Waals surface area contributed by atoms with Crippen LogP contribution < -0.4 is 5.32 Å². The molecule has 1 aliphatic carbocycles. The first-order chi connectivity index (χ1) is 6.15. The maximum atomic E-state index is 11.4. The van der Waals surface area contributed by atoms with Crippen LogP contribution in [0.3, 0.4) is 0 Å². The largest absolute Gasteiger partial charge is 0.355 e. The molecule has 1 amide bonds. The Hall–Kier alpha value is -0.0500. The third kappa shape index (κ3) is 3.67. The fourth-order valence-corrected chi connectivity index (χ4v) is 2.06. The van der Waals surface area contributed by atoms with E-state index < -0.39 is 0 Å². The number of carbonyl (C=O) groups excluding carboxylic acids is 1. The molecule has 0 aromatic heterocycles. The molecule has 13 heavy (non-hydrogen) atoms. The van der Waals surface area contributed by atoms with Gasteiger partial charge < -0.3 is 5.32 Å². The summed E-state index contributed by atoms with van der Waals surface area (Å²) in [6.45, 7) is 5.05. The Morgan fingerprint density at radius 1 is 1.69 bits per heavy atom. The van der Waals surface area contributed by atoms with Crippen LogP contribution in [0.4, 0.5) is 0 Å². The minimum Gasteiger partial charge on any atom is -0.355 e. The van der Waals surface area contributed by atoms with Gasteiger partial charge in [0, 0.05) is 17.3 Å². The second kappa shape index (κ2) is 4.99. The van der Waals surface area contributed by atoms with Gasteiger partial charge in [0.2, 0.25) is 5.91 Å². The highest BCUT2D eigenvalue weighted by atomic mass is 79.9. The Balaban J connectivity index is 2.08. The number of carbonyl (C=O) groups is 1. The van der Waals surface area contributed by atoms with Gasteiger partial charge in [-0.05, 0) is 18.8 Å². The van der Waals surface area contributed by atoms with Crippen LogP contribution in [0.15, 0.2) is 0 Å². The lowest BCUT2D eigenvalue weighted by Crippen LogP contribution is -2.31. The predicted molar refractivity (Wildman–Crippen MR) is 57.9 cm³/mol. The fraction of sp³-hybridized carbons (Fsp3) is 0.900. The van der Waals surface area contributed by atoms with Gasteiger partial charge >= 0.3 is 0 Å². The summed E-state index contributed by atoms with van der Waals surface area (Å²) >= 11 is 3.54. The van der Waals surface area contributed by atoms with Gasteiger partial charge in [0.25, 0.3) is 0 Å². The first-order valence-electron chi connectivity index (χ1n) is 5.07. The lowest BCUT2D eigenvalue weighted by Gasteiger charge is -2.09. The Labute approximate surface area is 88.6 Å². The van der Waals surface area contributed by atoms with Crippen molar-refractivity contribution < 1.29 is 4.79 Å². The Morgan fingerprint density at radius 2 is 2.31 bits per heavy atom. The highest BCUT2D eigenvalue weighted by Crippen LogP contribution is 2.37. The molecule has 0 bridgehead atoms. The van der Waals surface area contributed by atoms with Crippen LogP contribution in [0.1, 0.15) is 33.1 Å². The molecule has 1 rings (SSSR count). The summed E-state index contributed by atoms with van der Waals surface area (Å²) in [7, 11) is 0. The average molecular weight is 248 g/mol. The minimum atomic E-state index is 0.244. The Morgan fingerprint density at radius 3 is 2.77 bits per heavy atom. The highest BCUT2D eigenvalue weighted by molar-refractivity contribution is 9.09. The van der Waals surface area contributed by atoms with Crippen LogP contribution in [0, 0.1) is 11.8 Å². The summed E-state index contributed by atoms with van der Waals surface area (Å²) in [5, 5.41) is 2.97. The summed E-state index contributed by atoms with van der Waals surface area (Å²) < 4.78 is 0. The van der Waals surface area contributed by atoms with Crippen molar-refractivity contribution in [1.29, 1.82) is 0 Å². The molecule has 1 fully saturated rings. The number of alkyl halides is 1. The van der Waals surface area contributed by atoms with E-state index in [1.54, 1.807) is 0 Å². The van der Waals surface area contributed by atoms with E-state index in [4.69, 9.17) is 0 Å². The zero-order valence-electron chi connectivity index (χ0n) is 8.35. The summed E-state index contributed by atoms with van der Waals surface area (Å²) in [4.78, 5) is 11.8. The smallest absolute Gasteiger partial charge is 0.223 e. The van der Waals surface area contributed by atoms with Crippen molar-refractivity contribution in [2.24, 2.45) is 11.8 Å². The van der Waals surface area contributed by atoms with Gasteiger partial charge in [-0.25, -0.2) is 0 Å². The molecule has 0 aromatic rings. The topological polar surface area (TPSA) is 29.1 Å². The van der Waals surface area contributed by atoms with E-state index in [1.165, 1.54) is 0 Å². The molecule has 0 aromatic carbocycles. The average Bonchev–Trinajstić information content (AvgIpc) is 2.79. The molecule has 3 unspecified atom stereocenters. The summed E-state index contributed by atoms with van der Waals surface area (Å²) in [6.07, 6.45) is 3.36. The van der Waals surface area contributed by atoms with Crippen LogP contribution in [0.5, 0.6) is 0 Å². The number of hydrogen-bond donors (Lipinski definition) is 1. The maximum absolute atomic E-state index is 11.4. The molecule has 0 aliphatic heterocycles. The van der Waals surface area contributed by atoms with Gasteiger partial charge in [-0.1, -0.05) is 36.2 Å². The molecule has 1 N–H and O–H groups in total. The SMILES string of the molecule is CCCC(Br)CNC(=O)C1CC1C. The maximum Gasteiger partial charge on any atom is 0.223 e. The van der Waals surface area contributed by atoms with Crippen molar-refractivity contribution in [3.8, 4) is 0 Å². The normalized spacial score (nSPS) is 28.2. The Kier molecular flexibility index (Phi) is 4.23. The highest BCUT2D eigenvalue weighted by Gasteiger charge is 2.38. The Bertz CT molecular complexity index is 184. The fourth-order valence-electron chi connectivity index (χ4n) is 1.45. The molecule has 76 valence electrons. The number of halogens is 1. The number of nitrogens with one attached hydrogen (secondary N) is 1. The second-order valence-corrected chi connectivity index (χ2v) is 5.25. The second-order valence-electron chi connectivity index (χ2n) is 3.95. The van der Waals surface area contributed by atoms with E-state index in [-0.39, 0.29) is 5.91 Å².